The summed E-state index contributed by atoms with van der Waals surface area (Å²) in [4.78, 5) is 59.2. The molecule has 0 unspecified atom stereocenters. The van der Waals surface area contributed by atoms with Crippen molar-refractivity contribution >= 4 is 83.5 Å². The second-order valence-corrected chi connectivity index (χ2v) is 17.3. The van der Waals surface area contributed by atoms with Gasteiger partial charge in [-0.1, -0.05) is 60.1 Å². The highest BCUT2D eigenvalue weighted by atomic mass is 32.1. The molecule has 0 aliphatic rings. The number of thiazole rings is 2. The quantitative estimate of drug-likeness (QED) is 0.0126. The van der Waals surface area contributed by atoms with E-state index in [4.69, 9.17) is 43.5 Å². The van der Waals surface area contributed by atoms with Crippen molar-refractivity contribution in [2.45, 2.75) is 51.4 Å². The average Bonchev–Trinajstić information content (AvgIpc) is 4.01. The van der Waals surface area contributed by atoms with Gasteiger partial charge in [0.05, 0.1) is 64.2 Å². The smallest absolute Gasteiger partial charge is 0.343 e. The number of para-hydroxylation sites is 2. The highest BCUT2D eigenvalue weighted by Crippen LogP contribution is 2.38. The number of unbranched alkanes of at least 4 members (excludes halogenated alkanes) is 6. The molecule has 7 aromatic rings. The van der Waals surface area contributed by atoms with Gasteiger partial charge < -0.3 is 28.4 Å². The van der Waals surface area contributed by atoms with E-state index in [-0.39, 0.29) is 17.1 Å². The summed E-state index contributed by atoms with van der Waals surface area (Å²) in [5, 5.41) is 7.67. The molecule has 5 aromatic carbocycles. The number of nitrogens with zero attached hydrogens (tertiary/aromatic N) is 4. The van der Waals surface area contributed by atoms with E-state index in [1.54, 1.807) is 71.7 Å². The van der Waals surface area contributed by atoms with Gasteiger partial charge in [0.15, 0.2) is 0 Å². The van der Waals surface area contributed by atoms with Crippen LogP contribution in [0.15, 0.2) is 146 Å². The SMILES string of the molecule is C=CC(=O)OCCCCCCOc1ccc(C(=O)Oc2ccc(OC(=O)c3ccc(OCCCCCCOC(=O)C=C)cc3)c(/C=N/N(c3nc4ccccc4s3)c3nc4ccccc4s3)c2)cc1. The number of aromatic nitrogens is 2. The lowest BCUT2D eigenvalue weighted by molar-refractivity contribution is -0.138. The molecule has 0 saturated heterocycles. The van der Waals surface area contributed by atoms with Gasteiger partial charge in [-0.15, -0.1) is 0 Å². The number of rotatable bonds is 26. The first-order chi connectivity index (χ1) is 33.8. The van der Waals surface area contributed by atoms with Crippen LogP contribution in [0.4, 0.5) is 10.3 Å². The summed E-state index contributed by atoms with van der Waals surface area (Å²) in [6, 6.07) is 33.6. The number of fused-ring (bicyclic) bond motifs is 2. The van der Waals surface area contributed by atoms with Crippen LogP contribution in [0.5, 0.6) is 23.0 Å². The summed E-state index contributed by atoms with van der Waals surface area (Å²) >= 11 is 2.90. The van der Waals surface area contributed by atoms with E-state index in [9.17, 15) is 19.2 Å². The van der Waals surface area contributed by atoms with Gasteiger partial charge in [0, 0.05) is 17.7 Å². The molecule has 354 valence electrons. The minimum absolute atomic E-state index is 0.161. The molecule has 0 amide bonds. The Balaban J connectivity index is 1.04. The summed E-state index contributed by atoms with van der Waals surface area (Å²) < 4.78 is 35.5. The maximum Gasteiger partial charge on any atom is 0.343 e. The minimum atomic E-state index is -0.624. The molecule has 0 radical (unpaired) electrons. The largest absolute Gasteiger partial charge is 0.494 e. The second kappa shape index (κ2) is 25.4. The van der Waals surface area contributed by atoms with Crippen molar-refractivity contribution in [3.05, 3.63) is 157 Å². The maximum absolute atomic E-state index is 13.7. The highest BCUT2D eigenvalue weighted by Gasteiger charge is 2.20. The zero-order chi connectivity index (χ0) is 48.2. The number of hydrazone groups is 1. The van der Waals surface area contributed by atoms with Gasteiger partial charge in [-0.3, -0.25) is 0 Å². The third kappa shape index (κ3) is 14.6. The Hall–Kier alpha value is -7.69. The van der Waals surface area contributed by atoms with E-state index in [0.29, 0.717) is 59.3 Å². The number of benzene rings is 5. The third-order valence-corrected chi connectivity index (χ3v) is 12.3. The predicted molar refractivity (Wildman–Crippen MR) is 268 cm³/mol. The first-order valence-corrected chi connectivity index (χ1v) is 24.1. The van der Waals surface area contributed by atoms with E-state index in [1.807, 2.05) is 48.5 Å². The van der Waals surface area contributed by atoms with Crippen molar-refractivity contribution in [1.82, 2.24) is 9.97 Å². The number of carbonyl (C=O) groups is 4. The van der Waals surface area contributed by atoms with Gasteiger partial charge in [-0.2, -0.15) is 10.1 Å². The summed E-state index contributed by atoms with van der Waals surface area (Å²) in [6.45, 7) is 8.49. The van der Waals surface area contributed by atoms with Crippen LogP contribution >= 0.6 is 22.7 Å². The van der Waals surface area contributed by atoms with Crippen LogP contribution in [0.1, 0.15) is 77.6 Å². The molecule has 0 spiro atoms. The number of hydrogen-bond donors (Lipinski definition) is 0. The van der Waals surface area contributed by atoms with Crippen molar-refractivity contribution in [3.63, 3.8) is 0 Å². The number of carbonyl (C=O) groups excluding carboxylic acids is 4. The average molecular weight is 967 g/mol. The van der Waals surface area contributed by atoms with Gasteiger partial charge in [-0.05, 0) is 142 Å². The van der Waals surface area contributed by atoms with Crippen LogP contribution < -0.4 is 24.0 Å². The minimum Gasteiger partial charge on any atom is -0.494 e. The van der Waals surface area contributed by atoms with E-state index in [1.165, 1.54) is 28.9 Å². The summed E-state index contributed by atoms with van der Waals surface area (Å²) in [5.41, 5.74) is 2.53. The fourth-order valence-corrected chi connectivity index (χ4v) is 8.55. The van der Waals surface area contributed by atoms with Crippen molar-refractivity contribution in [2.24, 2.45) is 5.10 Å². The lowest BCUT2D eigenvalue weighted by Gasteiger charge is -2.14. The molecule has 2 heterocycles. The normalized spacial score (nSPS) is 11.0. The topological polar surface area (TPSA) is 165 Å². The Morgan fingerprint density at radius 1 is 0.536 bits per heavy atom. The Bertz CT molecular complexity index is 2750. The van der Waals surface area contributed by atoms with Crippen molar-refractivity contribution in [1.29, 1.82) is 0 Å². The number of esters is 4. The van der Waals surface area contributed by atoms with Crippen LogP contribution in [0.25, 0.3) is 20.4 Å². The van der Waals surface area contributed by atoms with Crippen molar-refractivity contribution in [2.75, 3.05) is 31.4 Å². The predicted octanol–water partition coefficient (Wildman–Crippen LogP) is 11.9. The van der Waals surface area contributed by atoms with Crippen LogP contribution in [0.3, 0.4) is 0 Å². The Kier molecular flexibility index (Phi) is 18.2. The van der Waals surface area contributed by atoms with Gasteiger partial charge >= 0.3 is 23.9 Å². The Labute approximate surface area is 407 Å². The zero-order valence-electron chi connectivity index (χ0n) is 37.8. The molecular weight excluding hydrogens is 917 g/mol. The van der Waals surface area contributed by atoms with Gasteiger partial charge in [0.25, 0.3) is 0 Å². The number of anilines is 2. The third-order valence-electron chi connectivity index (χ3n) is 10.3. The molecule has 0 aliphatic heterocycles. The molecule has 0 atom stereocenters. The lowest BCUT2D eigenvalue weighted by Crippen LogP contribution is -2.12. The molecular formula is C53H50N4O10S2. The molecule has 69 heavy (non-hydrogen) atoms. The van der Waals surface area contributed by atoms with E-state index < -0.39 is 23.9 Å². The van der Waals surface area contributed by atoms with Gasteiger partial charge in [-0.25, -0.2) is 29.1 Å². The fraction of sp³-hybridized carbons (Fsp3) is 0.226. The number of ether oxygens (including phenoxy) is 6. The molecule has 2 aromatic heterocycles. The van der Waals surface area contributed by atoms with Crippen LogP contribution in [0, 0.1) is 0 Å². The van der Waals surface area contributed by atoms with Crippen molar-refractivity contribution in [3.8, 4) is 23.0 Å². The summed E-state index contributed by atoms with van der Waals surface area (Å²) in [5.74, 6) is -0.512. The second-order valence-electron chi connectivity index (χ2n) is 15.3. The highest BCUT2D eigenvalue weighted by molar-refractivity contribution is 7.24. The van der Waals surface area contributed by atoms with Crippen LogP contribution in [0.2, 0.25) is 0 Å². The lowest BCUT2D eigenvalue weighted by atomic mass is 10.2. The monoisotopic (exact) mass is 966 g/mol. The first kappa shape index (κ1) is 49.2. The van der Waals surface area contributed by atoms with Gasteiger partial charge in [0.1, 0.15) is 23.0 Å². The summed E-state index contributed by atoms with van der Waals surface area (Å²) in [6.07, 6.45) is 10.6. The molecule has 16 heteroatoms. The van der Waals surface area contributed by atoms with Crippen LogP contribution in [-0.4, -0.2) is 66.5 Å². The van der Waals surface area contributed by atoms with Gasteiger partial charge in [0.2, 0.25) is 10.3 Å². The molecule has 0 bridgehead atoms. The van der Waals surface area contributed by atoms with E-state index in [0.717, 1.165) is 84.0 Å². The molecule has 0 N–H and O–H groups in total. The first-order valence-electron chi connectivity index (χ1n) is 22.4. The van der Waals surface area contributed by atoms with E-state index in [2.05, 4.69) is 13.2 Å². The fourth-order valence-electron chi connectivity index (χ4n) is 6.64. The Morgan fingerprint density at radius 2 is 0.986 bits per heavy atom. The molecule has 14 nitrogen and oxygen atoms in total. The van der Waals surface area contributed by atoms with Crippen LogP contribution in [-0.2, 0) is 19.1 Å². The Morgan fingerprint density at radius 3 is 1.46 bits per heavy atom. The molecule has 0 fully saturated rings. The number of hydrogen-bond acceptors (Lipinski definition) is 16. The molecule has 0 aliphatic carbocycles. The standard InChI is InChI=1S/C53H50N4O10S2/c1-3-48(58)64-33-15-7-5-13-31-62-40-25-21-37(22-26-40)50(60)66-42-29-30-45(67-51(61)38-23-27-41(28-24-38)63-32-14-6-8-16-34-65-49(59)4-2)39(35-42)36-54-57(52-55-43-17-9-11-19-46(43)68-52)53-56-44-18-10-12-20-47(44)69-53/h3-4,9-12,17-30,35-36H,1-2,5-8,13-16,31-34H2/b54-36+. The van der Waals surface area contributed by atoms with E-state index >= 15 is 0 Å². The van der Waals surface area contributed by atoms with Crippen molar-refractivity contribution < 1.29 is 47.6 Å². The molecule has 0 saturated carbocycles. The molecule has 7 rings (SSSR count). The maximum atomic E-state index is 13.7. The zero-order valence-corrected chi connectivity index (χ0v) is 39.4. The summed E-state index contributed by atoms with van der Waals surface area (Å²) in [7, 11) is 0.